The second-order valence-electron chi connectivity index (χ2n) is 2.79. The van der Waals surface area contributed by atoms with E-state index in [0.29, 0.717) is 0 Å². The van der Waals surface area contributed by atoms with E-state index < -0.39 is 7.80 Å². The lowest BCUT2D eigenvalue weighted by Crippen LogP contribution is -2.05. The van der Waals surface area contributed by atoms with Crippen LogP contribution in [0.2, 0.25) is 0 Å². The molecule has 2 aromatic carbocycles. The van der Waals surface area contributed by atoms with Gasteiger partial charge in [-0.2, -0.15) is 0 Å². The largest absolute Gasteiger partial charge is 0.277 e. The number of rotatable bonds is 2. The van der Waals surface area contributed by atoms with Crippen molar-refractivity contribution in [3.8, 4) is 0 Å². The average molecular weight is 199 g/mol. The Kier molecular flexibility index (Phi) is 2.71. The first-order chi connectivity index (χ1) is 6.88. The summed E-state index contributed by atoms with van der Waals surface area (Å²) in [5.41, 5.74) is 0. The van der Waals surface area contributed by atoms with Crippen molar-refractivity contribution in [3.63, 3.8) is 0 Å². The van der Waals surface area contributed by atoms with Crippen LogP contribution in [0.5, 0.6) is 0 Å². The predicted molar refractivity (Wildman–Crippen MR) is 57.4 cm³/mol. The Morgan fingerprint density at radius 3 is 1.71 bits per heavy atom. The lowest BCUT2D eigenvalue weighted by Gasteiger charge is -1.98. The fourth-order valence-electron chi connectivity index (χ4n) is 1.15. The summed E-state index contributed by atoms with van der Waals surface area (Å²) in [6, 6.07) is 20.6. The van der Waals surface area contributed by atoms with E-state index in [9.17, 15) is 4.57 Å². The Bertz CT molecular complexity index is 381. The van der Waals surface area contributed by atoms with Gasteiger partial charge in [0.1, 0.15) is 7.80 Å². The summed E-state index contributed by atoms with van der Waals surface area (Å²) < 4.78 is 11.9. The highest BCUT2D eigenvalue weighted by molar-refractivity contribution is 7.61. The van der Waals surface area contributed by atoms with Gasteiger partial charge in [0.25, 0.3) is 0 Å². The maximum atomic E-state index is 11.9. The molecule has 3 radical (unpaired) electrons. The van der Waals surface area contributed by atoms with Crippen LogP contribution in [-0.4, -0.2) is 0 Å². The SMILES string of the molecule is O=[P](c1[c]cccc1)c1[c]cccc1. The summed E-state index contributed by atoms with van der Waals surface area (Å²) in [5, 5.41) is 1.45. The summed E-state index contributed by atoms with van der Waals surface area (Å²) in [4.78, 5) is 0. The normalized spacial score (nSPS) is 9.71. The Hall–Kier alpha value is -1.46. The molecule has 0 bridgehead atoms. The van der Waals surface area contributed by atoms with Gasteiger partial charge in [0.05, 0.1) is 0 Å². The minimum Gasteiger partial charge on any atom is -0.277 e. The van der Waals surface area contributed by atoms with Crippen LogP contribution in [0.4, 0.5) is 0 Å². The van der Waals surface area contributed by atoms with Crippen LogP contribution in [-0.2, 0) is 4.57 Å². The zero-order valence-corrected chi connectivity index (χ0v) is 8.37. The molecular formula is C12H8OP. The molecule has 0 heterocycles. The van der Waals surface area contributed by atoms with Gasteiger partial charge in [-0.05, 0) is 24.3 Å². The molecule has 0 aliphatic rings. The topological polar surface area (TPSA) is 17.1 Å². The Balaban J connectivity index is 2.35. The smallest absolute Gasteiger partial charge is 0.137 e. The van der Waals surface area contributed by atoms with E-state index in [0.717, 1.165) is 10.6 Å². The van der Waals surface area contributed by atoms with Gasteiger partial charge in [0, 0.05) is 10.6 Å². The van der Waals surface area contributed by atoms with Gasteiger partial charge in [0.15, 0.2) is 0 Å². The van der Waals surface area contributed by atoms with E-state index in [1.807, 2.05) is 36.4 Å². The van der Waals surface area contributed by atoms with Crippen molar-refractivity contribution in [1.29, 1.82) is 0 Å². The number of benzene rings is 2. The first-order valence-electron chi connectivity index (χ1n) is 4.28. The molecule has 14 heavy (non-hydrogen) atoms. The van der Waals surface area contributed by atoms with Crippen molar-refractivity contribution < 1.29 is 4.57 Å². The zero-order valence-electron chi connectivity index (χ0n) is 7.47. The van der Waals surface area contributed by atoms with E-state index >= 15 is 0 Å². The minimum absolute atomic E-state index is 0.727. The summed E-state index contributed by atoms with van der Waals surface area (Å²) >= 11 is 0. The molecule has 0 saturated carbocycles. The highest BCUT2D eigenvalue weighted by Gasteiger charge is 2.05. The molecule has 67 valence electrons. The first-order valence-corrected chi connectivity index (χ1v) is 5.54. The maximum Gasteiger partial charge on any atom is 0.137 e. The van der Waals surface area contributed by atoms with Crippen molar-refractivity contribution in [2.45, 2.75) is 0 Å². The standard InChI is InChI=1S/C12H8OP/c13-14(11-7-3-1-4-8-11)12-9-5-2-6-10-12/h1-7,9H. The van der Waals surface area contributed by atoms with Crippen molar-refractivity contribution >= 4 is 18.4 Å². The van der Waals surface area contributed by atoms with Crippen molar-refractivity contribution in [2.24, 2.45) is 0 Å². The molecule has 0 atom stereocenters. The van der Waals surface area contributed by atoms with Crippen LogP contribution >= 0.6 is 7.80 Å². The van der Waals surface area contributed by atoms with Crippen LogP contribution in [0.3, 0.4) is 0 Å². The van der Waals surface area contributed by atoms with Crippen molar-refractivity contribution in [3.05, 3.63) is 60.7 Å². The van der Waals surface area contributed by atoms with Crippen LogP contribution in [0.25, 0.3) is 0 Å². The van der Waals surface area contributed by atoms with Gasteiger partial charge in [-0.15, -0.1) is 0 Å². The summed E-state index contributed by atoms with van der Waals surface area (Å²) in [7, 11) is -1.53. The quantitative estimate of drug-likeness (QED) is 0.676. The van der Waals surface area contributed by atoms with Crippen LogP contribution < -0.4 is 10.6 Å². The molecule has 0 aliphatic carbocycles. The van der Waals surface area contributed by atoms with Gasteiger partial charge in [-0.25, -0.2) is 0 Å². The number of hydrogen-bond donors (Lipinski definition) is 0. The van der Waals surface area contributed by atoms with E-state index in [4.69, 9.17) is 0 Å². The Morgan fingerprint density at radius 1 is 0.857 bits per heavy atom. The molecule has 0 aliphatic heterocycles. The molecule has 0 spiro atoms. The monoisotopic (exact) mass is 199 g/mol. The zero-order chi connectivity index (χ0) is 9.80. The third-order valence-corrected chi connectivity index (χ3v) is 3.25. The molecule has 2 rings (SSSR count). The molecule has 0 unspecified atom stereocenters. The summed E-state index contributed by atoms with van der Waals surface area (Å²) in [5.74, 6) is 0. The Labute approximate surface area is 84.2 Å². The minimum atomic E-state index is -1.53. The summed E-state index contributed by atoms with van der Waals surface area (Å²) in [6.07, 6.45) is 0. The summed E-state index contributed by atoms with van der Waals surface area (Å²) in [6.45, 7) is 0. The van der Waals surface area contributed by atoms with Crippen LogP contribution in [0.15, 0.2) is 48.5 Å². The van der Waals surface area contributed by atoms with E-state index in [-0.39, 0.29) is 0 Å². The van der Waals surface area contributed by atoms with E-state index in [1.54, 1.807) is 12.1 Å². The van der Waals surface area contributed by atoms with Gasteiger partial charge in [-0.3, -0.25) is 4.57 Å². The van der Waals surface area contributed by atoms with Crippen LogP contribution in [0.1, 0.15) is 0 Å². The third-order valence-electron chi connectivity index (χ3n) is 1.82. The van der Waals surface area contributed by atoms with Gasteiger partial charge in [-0.1, -0.05) is 36.4 Å². The molecule has 0 fully saturated rings. The lowest BCUT2D eigenvalue weighted by molar-refractivity contribution is 0.598. The fraction of sp³-hybridized carbons (Fsp3) is 0. The maximum absolute atomic E-state index is 11.9. The molecule has 1 nitrogen and oxygen atoms in total. The fourth-order valence-corrected chi connectivity index (χ4v) is 2.24. The van der Waals surface area contributed by atoms with Crippen molar-refractivity contribution in [2.75, 3.05) is 0 Å². The average Bonchev–Trinajstić information content (AvgIpc) is 2.30. The second-order valence-corrected chi connectivity index (χ2v) is 4.34. The molecule has 2 heteroatoms. The number of hydrogen-bond acceptors (Lipinski definition) is 1. The molecule has 0 N–H and O–H groups in total. The molecule has 0 amide bonds. The van der Waals surface area contributed by atoms with E-state index in [1.165, 1.54) is 0 Å². The predicted octanol–water partition coefficient (Wildman–Crippen LogP) is 2.07. The van der Waals surface area contributed by atoms with Gasteiger partial charge >= 0.3 is 0 Å². The Morgan fingerprint density at radius 2 is 1.36 bits per heavy atom. The first kappa shape index (κ1) is 9.11. The van der Waals surface area contributed by atoms with Gasteiger partial charge in [0.2, 0.25) is 0 Å². The highest BCUT2D eigenvalue weighted by atomic mass is 31.1. The third kappa shape index (κ3) is 1.89. The second kappa shape index (κ2) is 4.17. The molecule has 2 aromatic rings. The lowest BCUT2D eigenvalue weighted by atomic mass is 10.4. The van der Waals surface area contributed by atoms with E-state index in [2.05, 4.69) is 12.1 Å². The molecule has 0 saturated heterocycles. The molecule has 0 aromatic heterocycles. The van der Waals surface area contributed by atoms with Gasteiger partial charge < -0.3 is 0 Å². The van der Waals surface area contributed by atoms with Crippen molar-refractivity contribution in [1.82, 2.24) is 0 Å². The van der Waals surface area contributed by atoms with Crippen LogP contribution in [0, 0.1) is 12.1 Å². The molecular weight excluding hydrogens is 191 g/mol. The highest BCUT2D eigenvalue weighted by Crippen LogP contribution is 2.17.